The molecule has 0 bridgehead atoms. The monoisotopic (exact) mass is 278 g/mol. The van der Waals surface area contributed by atoms with Gasteiger partial charge in [-0.3, -0.25) is 14.5 Å². The third kappa shape index (κ3) is 4.70. The van der Waals surface area contributed by atoms with Gasteiger partial charge in [0.1, 0.15) is 0 Å². The number of pyridine rings is 1. The highest BCUT2D eigenvalue weighted by Crippen LogP contribution is 2.18. The minimum Gasteiger partial charge on any atom is -0.398 e. The quantitative estimate of drug-likeness (QED) is 0.737. The van der Waals surface area contributed by atoms with E-state index in [1.54, 1.807) is 16.8 Å². The van der Waals surface area contributed by atoms with E-state index in [0.717, 1.165) is 25.8 Å². The molecule has 20 heavy (non-hydrogen) atoms. The van der Waals surface area contributed by atoms with Gasteiger partial charge in [-0.25, -0.2) is 0 Å². The number of nitrogens with two attached hydrogens (primary N) is 1. The molecule has 0 spiro atoms. The number of rotatable bonds is 7. The third-order valence-corrected chi connectivity index (χ3v) is 3.30. The molecule has 1 saturated carbocycles. The van der Waals surface area contributed by atoms with Crippen LogP contribution in [0.2, 0.25) is 0 Å². The summed E-state index contributed by atoms with van der Waals surface area (Å²) < 4.78 is 1.60. The van der Waals surface area contributed by atoms with Gasteiger partial charge in [-0.15, -0.1) is 0 Å². The molecule has 1 aliphatic carbocycles. The van der Waals surface area contributed by atoms with E-state index >= 15 is 0 Å². The minimum absolute atomic E-state index is 0.0478. The number of aryl methyl sites for hydroxylation is 1. The summed E-state index contributed by atoms with van der Waals surface area (Å²) in [7, 11) is 1.91. The highest BCUT2D eigenvalue weighted by atomic mass is 16.2. The Labute approximate surface area is 118 Å². The molecule has 2 rings (SSSR count). The number of nitrogens with one attached hydrogen (secondary N) is 1. The summed E-state index contributed by atoms with van der Waals surface area (Å²) in [5.74, 6) is 0.0797. The van der Waals surface area contributed by atoms with Gasteiger partial charge < -0.3 is 15.6 Å². The molecule has 6 nitrogen and oxygen atoms in total. The molecule has 0 aromatic carbocycles. The van der Waals surface area contributed by atoms with Crippen molar-refractivity contribution in [3.8, 4) is 0 Å². The van der Waals surface area contributed by atoms with Crippen LogP contribution in [0.3, 0.4) is 0 Å². The Morgan fingerprint density at radius 1 is 1.50 bits per heavy atom. The lowest BCUT2D eigenvalue weighted by atomic mass is 10.3. The molecule has 1 fully saturated rings. The zero-order chi connectivity index (χ0) is 14.5. The SMILES string of the molecule is CN(CCCn1cc(N)ccc1=O)CC(=O)NC1CC1. The fourth-order valence-corrected chi connectivity index (χ4v) is 2.06. The van der Waals surface area contributed by atoms with Crippen LogP contribution >= 0.6 is 0 Å². The normalized spacial score (nSPS) is 14.5. The van der Waals surface area contributed by atoms with Crippen molar-refractivity contribution in [1.29, 1.82) is 0 Å². The van der Waals surface area contributed by atoms with Crippen LogP contribution in [0.1, 0.15) is 19.3 Å². The number of nitrogen functional groups attached to an aromatic ring is 1. The number of anilines is 1. The van der Waals surface area contributed by atoms with Crippen molar-refractivity contribution in [2.45, 2.75) is 31.8 Å². The van der Waals surface area contributed by atoms with Gasteiger partial charge >= 0.3 is 0 Å². The van der Waals surface area contributed by atoms with Crippen molar-refractivity contribution >= 4 is 11.6 Å². The second-order valence-corrected chi connectivity index (χ2v) is 5.43. The average molecular weight is 278 g/mol. The van der Waals surface area contributed by atoms with Crippen LogP contribution in [0.15, 0.2) is 23.1 Å². The van der Waals surface area contributed by atoms with E-state index in [0.29, 0.717) is 24.8 Å². The predicted octanol–water partition coefficient (Wildman–Crippen LogP) is 0.0310. The molecular formula is C14H22N4O2. The van der Waals surface area contributed by atoms with Gasteiger partial charge in [0.05, 0.1) is 6.54 Å². The maximum Gasteiger partial charge on any atom is 0.250 e. The first-order chi connectivity index (χ1) is 9.54. The number of hydrogen-bond acceptors (Lipinski definition) is 4. The van der Waals surface area contributed by atoms with Crippen LogP contribution in [0.5, 0.6) is 0 Å². The molecule has 1 aromatic rings. The lowest BCUT2D eigenvalue weighted by Crippen LogP contribution is -2.37. The van der Waals surface area contributed by atoms with Crippen LogP contribution < -0.4 is 16.6 Å². The van der Waals surface area contributed by atoms with Crippen LogP contribution in [0.4, 0.5) is 5.69 Å². The van der Waals surface area contributed by atoms with E-state index < -0.39 is 0 Å². The minimum atomic E-state index is -0.0478. The maximum atomic E-state index is 11.6. The summed E-state index contributed by atoms with van der Waals surface area (Å²) in [5, 5.41) is 2.96. The zero-order valence-electron chi connectivity index (χ0n) is 11.8. The fraction of sp³-hybridized carbons (Fsp3) is 0.571. The summed E-state index contributed by atoms with van der Waals surface area (Å²) in [6, 6.07) is 3.48. The van der Waals surface area contributed by atoms with Crippen molar-refractivity contribution in [2.24, 2.45) is 0 Å². The number of carbonyl (C=O) groups excluding carboxylic acids is 1. The molecule has 0 saturated heterocycles. The van der Waals surface area contributed by atoms with E-state index in [4.69, 9.17) is 5.73 Å². The Hall–Kier alpha value is -1.82. The number of amides is 1. The molecule has 1 aliphatic rings. The Morgan fingerprint density at radius 2 is 2.25 bits per heavy atom. The van der Waals surface area contributed by atoms with Gasteiger partial charge in [0, 0.05) is 37.1 Å². The van der Waals surface area contributed by atoms with Crippen LogP contribution in [-0.4, -0.2) is 41.6 Å². The summed E-state index contributed by atoms with van der Waals surface area (Å²) >= 11 is 0. The van der Waals surface area contributed by atoms with Gasteiger partial charge in [-0.05, 0) is 32.4 Å². The number of aromatic nitrogens is 1. The fourth-order valence-electron chi connectivity index (χ4n) is 2.06. The van der Waals surface area contributed by atoms with Crippen molar-refractivity contribution in [1.82, 2.24) is 14.8 Å². The second kappa shape index (κ2) is 6.56. The van der Waals surface area contributed by atoms with Crippen LogP contribution in [0, 0.1) is 0 Å². The number of carbonyl (C=O) groups is 1. The highest BCUT2D eigenvalue weighted by molar-refractivity contribution is 5.78. The average Bonchev–Trinajstić information content (AvgIpc) is 3.17. The molecule has 110 valence electrons. The molecule has 0 radical (unpaired) electrons. The first kappa shape index (κ1) is 14.6. The van der Waals surface area contributed by atoms with Crippen molar-refractivity contribution in [3.63, 3.8) is 0 Å². The first-order valence-corrected chi connectivity index (χ1v) is 6.98. The smallest absolute Gasteiger partial charge is 0.250 e. The Morgan fingerprint density at radius 3 is 2.95 bits per heavy atom. The summed E-state index contributed by atoms with van der Waals surface area (Å²) in [4.78, 5) is 25.2. The number of likely N-dealkylation sites (N-methyl/N-ethyl adjacent to an activating group) is 1. The Kier molecular flexibility index (Phi) is 4.79. The van der Waals surface area contributed by atoms with Crippen molar-refractivity contribution in [2.75, 3.05) is 25.9 Å². The van der Waals surface area contributed by atoms with Crippen LogP contribution in [0.25, 0.3) is 0 Å². The molecular weight excluding hydrogens is 256 g/mol. The summed E-state index contributed by atoms with van der Waals surface area (Å²) in [5.41, 5.74) is 6.19. The van der Waals surface area contributed by atoms with Gasteiger partial charge in [-0.1, -0.05) is 0 Å². The summed E-state index contributed by atoms with van der Waals surface area (Å²) in [6.07, 6.45) is 4.67. The van der Waals surface area contributed by atoms with Crippen molar-refractivity contribution < 1.29 is 4.79 Å². The van der Waals surface area contributed by atoms with Gasteiger partial charge in [0.2, 0.25) is 5.91 Å². The maximum absolute atomic E-state index is 11.6. The molecule has 0 atom stereocenters. The Balaban J connectivity index is 1.70. The highest BCUT2D eigenvalue weighted by Gasteiger charge is 2.23. The molecule has 1 heterocycles. The first-order valence-electron chi connectivity index (χ1n) is 6.98. The van der Waals surface area contributed by atoms with E-state index in [1.165, 1.54) is 6.07 Å². The summed E-state index contributed by atoms with van der Waals surface area (Å²) in [6.45, 7) is 1.78. The van der Waals surface area contributed by atoms with Crippen molar-refractivity contribution in [3.05, 3.63) is 28.7 Å². The van der Waals surface area contributed by atoms with Gasteiger partial charge in [-0.2, -0.15) is 0 Å². The third-order valence-electron chi connectivity index (χ3n) is 3.30. The molecule has 1 amide bonds. The van der Waals surface area contributed by atoms with E-state index in [2.05, 4.69) is 5.32 Å². The van der Waals surface area contributed by atoms with E-state index in [1.807, 2.05) is 11.9 Å². The molecule has 0 unspecified atom stereocenters. The lowest BCUT2D eigenvalue weighted by Gasteiger charge is -2.16. The van der Waals surface area contributed by atoms with Gasteiger partial charge in [0.25, 0.3) is 5.56 Å². The number of hydrogen-bond donors (Lipinski definition) is 2. The number of nitrogens with zero attached hydrogens (tertiary/aromatic N) is 2. The van der Waals surface area contributed by atoms with Gasteiger partial charge in [0.15, 0.2) is 0 Å². The Bertz CT molecular complexity index is 522. The molecule has 6 heteroatoms. The van der Waals surface area contributed by atoms with Crippen LogP contribution in [-0.2, 0) is 11.3 Å². The molecule has 1 aromatic heterocycles. The standard InChI is InChI=1S/C14H22N4O2/c1-17(10-13(19)16-12-4-5-12)7-2-8-18-9-11(15)3-6-14(18)20/h3,6,9,12H,2,4-5,7-8,10,15H2,1H3,(H,16,19). The second-order valence-electron chi connectivity index (χ2n) is 5.43. The predicted molar refractivity (Wildman–Crippen MR) is 78.4 cm³/mol. The lowest BCUT2D eigenvalue weighted by molar-refractivity contribution is -0.122. The molecule has 3 N–H and O–H groups in total. The largest absolute Gasteiger partial charge is 0.398 e. The zero-order valence-corrected chi connectivity index (χ0v) is 11.8. The molecule has 0 aliphatic heterocycles. The van der Waals surface area contributed by atoms with E-state index in [-0.39, 0.29) is 11.5 Å². The topological polar surface area (TPSA) is 80.4 Å². The van der Waals surface area contributed by atoms with E-state index in [9.17, 15) is 9.59 Å².